The van der Waals surface area contributed by atoms with Crippen LogP contribution in [0.5, 0.6) is 0 Å². The first-order valence-electron chi connectivity index (χ1n) is 3.96. The number of hydrogen-bond donors (Lipinski definition) is 2. The van der Waals surface area contributed by atoms with Crippen molar-refractivity contribution in [3.05, 3.63) is 0 Å². The van der Waals surface area contributed by atoms with Gasteiger partial charge in [-0.1, -0.05) is 0 Å². The molecule has 2 aliphatic heterocycles. The summed E-state index contributed by atoms with van der Waals surface area (Å²) in [6.45, 7) is 2.45. The molecule has 2 rings (SSSR count). The molecule has 0 aromatic carbocycles. The summed E-state index contributed by atoms with van der Waals surface area (Å²) in [5, 5.41) is 6.10. The van der Waals surface area contributed by atoms with Crippen molar-refractivity contribution >= 4 is 6.09 Å². The van der Waals surface area contributed by atoms with Gasteiger partial charge in [-0.2, -0.15) is 0 Å². The van der Waals surface area contributed by atoms with Crippen LogP contribution in [0.4, 0.5) is 4.79 Å². The first kappa shape index (κ1) is 6.91. The number of cyclic esters (lactones) is 1. The molecule has 0 bridgehead atoms. The van der Waals surface area contributed by atoms with Crippen LogP contribution in [0.3, 0.4) is 0 Å². The van der Waals surface area contributed by atoms with E-state index in [1.165, 1.54) is 0 Å². The molecule has 0 saturated carbocycles. The quantitative estimate of drug-likeness (QED) is 0.512. The molecule has 1 atom stereocenters. The van der Waals surface area contributed by atoms with E-state index in [4.69, 9.17) is 4.74 Å². The first-order valence-corrected chi connectivity index (χ1v) is 3.96. The summed E-state index contributed by atoms with van der Waals surface area (Å²) < 4.78 is 4.79. The summed E-state index contributed by atoms with van der Waals surface area (Å²) in [4.78, 5) is 10.9. The molecule has 0 aromatic rings. The SMILES string of the molecule is O=C1NC2(CCNC2)CCO1. The van der Waals surface area contributed by atoms with E-state index in [1.54, 1.807) is 0 Å². The Kier molecular flexibility index (Phi) is 1.49. The van der Waals surface area contributed by atoms with E-state index in [0.717, 1.165) is 25.9 Å². The highest BCUT2D eigenvalue weighted by Gasteiger charge is 2.38. The highest BCUT2D eigenvalue weighted by Crippen LogP contribution is 2.21. The van der Waals surface area contributed by atoms with Crippen LogP contribution >= 0.6 is 0 Å². The molecule has 2 saturated heterocycles. The summed E-state index contributed by atoms with van der Waals surface area (Å²) in [7, 11) is 0. The van der Waals surface area contributed by atoms with E-state index in [-0.39, 0.29) is 11.6 Å². The number of amides is 1. The average molecular weight is 156 g/mol. The van der Waals surface area contributed by atoms with Gasteiger partial charge >= 0.3 is 6.09 Å². The Morgan fingerprint density at radius 2 is 2.36 bits per heavy atom. The van der Waals surface area contributed by atoms with Crippen LogP contribution < -0.4 is 10.6 Å². The second-order valence-electron chi connectivity index (χ2n) is 3.22. The standard InChI is InChI=1S/C7H12N2O2/c10-6-9-7(2-4-11-6)1-3-8-5-7/h8H,1-5H2,(H,9,10). The molecule has 2 aliphatic rings. The van der Waals surface area contributed by atoms with Gasteiger partial charge in [0, 0.05) is 13.0 Å². The maximum absolute atomic E-state index is 10.9. The number of rotatable bonds is 0. The molecule has 11 heavy (non-hydrogen) atoms. The van der Waals surface area contributed by atoms with Crippen molar-refractivity contribution < 1.29 is 9.53 Å². The van der Waals surface area contributed by atoms with E-state index in [2.05, 4.69) is 10.6 Å². The predicted molar refractivity (Wildman–Crippen MR) is 39.3 cm³/mol. The molecular formula is C7H12N2O2. The Morgan fingerprint density at radius 3 is 3.00 bits per heavy atom. The van der Waals surface area contributed by atoms with Gasteiger partial charge in [0.25, 0.3) is 0 Å². The normalized spacial score (nSPS) is 36.9. The third-order valence-electron chi connectivity index (χ3n) is 2.42. The highest BCUT2D eigenvalue weighted by atomic mass is 16.6. The monoisotopic (exact) mass is 156 g/mol. The fourth-order valence-electron chi connectivity index (χ4n) is 1.72. The van der Waals surface area contributed by atoms with E-state index in [1.807, 2.05) is 0 Å². The minimum atomic E-state index is -0.264. The van der Waals surface area contributed by atoms with Gasteiger partial charge in [0.05, 0.1) is 12.1 Å². The van der Waals surface area contributed by atoms with Gasteiger partial charge in [-0.15, -0.1) is 0 Å². The zero-order chi connectivity index (χ0) is 7.73. The van der Waals surface area contributed by atoms with Gasteiger partial charge in [-0.05, 0) is 13.0 Å². The van der Waals surface area contributed by atoms with Crippen molar-refractivity contribution in [1.82, 2.24) is 10.6 Å². The number of hydrogen-bond acceptors (Lipinski definition) is 3. The van der Waals surface area contributed by atoms with Crippen molar-refractivity contribution in [2.45, 2.75) is 18.4 Å². The fourth-order valence-corrected chi connectivity index (χ4v) is 1.72. The van der Waals surface area contributed by atoms with Gasteiger partial charge in [0.15, 0.2) is 0 Å². The third-order valence-corrected chi connectivity index (χ3v) is 2.42. The lowest BCUT2D eigenvalue weighted by molar-refractivity contribution is 0.0924. The summed E-state index contributed by atoms with van der Waals surface area (Å²) in [6.07, 6.45) is 1.70. The lowest BCUT2D eigenvalue weighted by Gasteiger charge is -2.32. The second-order valence-corrected chi connectivity index (χ2v) is 3.22. The van der Waals surface area contributed by atoms with E-state index >= 15 is 0 Å². The second kappa shape index (κ2) is 2.37. The van der Waals surface area contributed by atoms with Crippen LogP contribution in [0, 0.1) is 0 Å². The fraction of sp³-hybridized carbons (Fsp3) is 0.857. The highest BCUT2D eigenvalue weighted by molar-refractivity contribution is 5.69. The van der Waals surface area contributed by atoms with Crippen LogP contribution in [0.2, 0.25) is 0 Å². The number of carbonyl (C=O) groups is 1. The summed E-state index contributed by atoms with van der Waals surface area (Å²) in [5.41, 5.74) is 0.00926. The number of ether oxygens (including phenoxy) is 1. The molecule has 4 nitrogen and oxygen atoms in total. The molecule has 2 fully saturated rings. The minimum absolute atomic E-state index is 0.00926. The van der Waals surface area contributed by atoms with Crippen molar-refractivity contribution in [3.8, 4) is 0 Å². The number of nitrogens with one attached hydrogen (secondary N) is 2. The summed E-state index contributed by atoms with van der Waals surface area (Å²) >= 11 is 0. The molecule has 0 radical (unpaired) electrons. The Labute approximate surface area is 65.3 Å². The molecule has 0 aliphatic carbocycles. The van der Waals surface area contributed by atoms with Crippen LogP contribution in [0.15, 0.2) is 0 Å². The molecule has 1 amide bonds. The molecule has 1 unspecified atom stereocenters. The lowest BCUT2D eigenvalue weighted by atomic mass is 9.94. The average Bonchev–Trinajstić information content (AvgIpc) is 2.37. The molecule has 0 aromatic heterocycles. The third kappa shape index (κ3) is 1.18. The molecule has 4 heteroatoms. The van der Waals surface area contributed by atoms with Crippen LogP contribution in [0.1, 0.15) is 12.8 Å². The Balaban J connectivity index is 2.05. The van der Waals surface area contributed by atoms with Crippen molar-refractivity contribution in [2.24, 2.45) is 0 Å². The minimum Gasteiger partial charge on any atom is -0.449 e. The van der Waals surface area contributed by atoms with E-state index < -0.39 is 0 Å². The van der Waals surface area contributed by atoms with Crippen LogP contribution in [-0.4, -0.2) is 31.3 Å². The molecule has 1 spiro atoms. The van der Waals surface area contributed by atoms with E-state index in [0.29, 0.717) is 6.61 Å². The van der Waals surface area contributed by atoms with Gasteiger partial charge < -0.3 is 15.4 Å². The Morgan fingerprint density at radius 1 is 1.45 bits per heavy atom. The van der Waals surface area contributed by atoms with Crippen molar-refractivity contribution in [2.75, 3.05) is 19.7 Å². The van der Waals surface area contributed by atoms with Crippen molar-refractivity contribution in [3.63, 3.8) is 0 Å². The maximum Gasteiger partial charge on any atom is 0.407 e. The number of alkyl carbamates (subject to hydrolysis) is 1. The molecule has 62 valence electrons. The summed E-state index contributed by atoms with van der Waals surface area (Å²) in [6, 6.07) is 0. The van der Waals surface area contributed by atoms with Gasteiger partial charge in [-0.3, -0.25) is 0 Å². The van der Waals surface area contributed by atoms with E-state index in [9.17, 15) is 4.79 Å². The largest absolute Gasteiger partial charge is 0.449 e. The molecule has 2 heterocycles. The number of carbonyl (C=O) groups excluding carboxylic acids is 1. The molecule has 2 N–H and O–H groups in total. The van der Waals surface area contributed by atoms with Gasteiger partial charge in [0.2, 0.25) is 0 Å². The Hall–Kier alpha value is -0.770. The smallest absolute Gasteiger partial charge is 0.407 e. The summed E-state index contributed by atoms with van der Waals surface area (Å²) in [5.74, 6) is 0. The zero-order valence-corrected chi connectivity index (χ0v) is 6.35. The zero-order valence-electron chi connectivity index (χ0n) is 6.35. The van der Waals surface area contributed by atoms with Crippen molar-refractivity contribution in [1.29, 1.82) is 0 Å². The van der Waals surface area contributed by atoms with Gasteiger partial charge in [-0.25, -0.2) is 4.79 Å². The predicted octanol–water partition coefficient (Wildman–Crippen LogP) is -0.152. The van der Waals surface area contributed by atoms with Gasteiger partial charge in [0.1, 0.15) is 0 Å². The topological polar surface area (TPSA) is 50.4 Å². The van der Waals surface area contributed by atoms with Crippen LogP contribution in [-0.2, 0) is 4.74 Å². The Bertz CT molecular complexity index is 175. The first-order chi connectivity index (χ1) is 5.31. The molecular weight excluding hydrogens is 144 g/mol. The maximum atomic E-state index is 10.9. The lowest BCUT2D eigenvalue weighted by Crippen LogP contribution is -2.54. The van der Waals surface area contributed by atoms with Crippen LogP contribution in [0.25, 0.3) is 0 Å².